The second-order valence-electron chi connectivity index (χ2n) is 2.75. The molecular formula is C10H10N4. The van der Waals surface area contributed by atoms with Gasteiger partial charge in [-0.05, 0) is 12.1 Å². The second-order valence-corrected chi connectivity index (χ2v) is 2.75. The van der Waals surface area contributed by atoms with Gasteiger partial charge in [0.1, 0.15) is 11.5 Å². The van der Waals surface area contributed by atoms with Crippen molar-refractivity contribution in [1.82, 2.24) is 15.0 Å². The molecule has 0 aliphatic heterocycles. The van der Waals surface area contributed by atoms with Crippen molar-refractivity contribution in [1.29, 1.82) is 0 Å². The van der Waals surface area contributed by atoms with Crippen LogP contribution in [0.25, 0.3) is 11.4 Å². The molecule has 0 unspecified atom stereocenters. The maximum absolute atomic E-state index is 4.35. The standard InChI is InChI=1S/C10H10N4/c1-11-10-4-2-3-8(14-10)9-7-12-5-6-13-9/h2-7H,1H3,(H,11,14). The Morgan fingerprint density at radius 2 is 2.07 bits per heavy atom. The quantitative estimate of drug-likeness (QED) is 0.773. The molecule has 4 heteroatoms. The molecule has 0 radical (unpaired) electrons. The van der Waals surface area contributed by atoms with Crippen LogP contribution in [0, 0.1) is 0 Å². The lowest BCUT2D eigenvalue weighted by Gasteiger charge is -2.01. The van der Waals surface area contributed by atoms with Gasteiger partial charge in [0.25, 0.3) is 0 Å². The molecule has 0 aliphatic carbocycles. The zero-order valence-electron chi connectivity index (χ0n) is 7.81. The summed E-state index contributed by atoms with van der Waals surface area (Å²) in [7, 11) is 1.84. The van der Waals surface area contributed by atoms with E-state index in [1.54, 1.807) is 18.6 Å². The van der Waals surface area contributed by atoms with Crippen molar-refractivity contribution in [2.45, 2.75) is 0 Å². The Labute approximate surface area is 82.1 Å². The molecule has 0 saturated carbocycles. The molecular weight excluding hydrogens is 176 g/mol. The summed E-state index contributed by atoms with van der Waals surface area (Å²) >= 11 is 0. The summed E-state index contributed by atoms with van der Waals surface area (Å²) < 4.78 is 0. The van der Waals surface area contributed by atoms with Crippen LogP contribution in [0.1, 0.15) is 0 Å². The number of rotatable bonds is 2. The van der Waals surface area contributed by atoms with Crippen LogP contribution in [0.2, 0.25) is 0 Å². The van der Waals surface area contributed by atoms with Gasteiger partial charge in [0.05, 0.1) is 11.9 Å². The van der Waals surface area contributed by atoms with Gasteiger partial charge in [-0.25, -0.2) is 4.98 Å². The van der Waals surface area contributed by atoms with E-state index in [-0.39, 0.29) is 0 Å². The van der Waals surface area contributed by atoms with Gasteiger partial charge in [-0.15, -0.1) is 0 Å². The number of hydrogen-bond donors (Lipinski definition) is 1. The predicted octanol–water partition coefficient (Wildman–Crippen LogP) is 1.58. The first kappa shape index (κ1) is 8.62. The molecule has 0 spiro atoms. The van der Waals surface area contributed by atoms with Crippen molar-refractivity contribution in [3.63, 3.8) is 0 Å². The molecule has 0 aliphatic rings. The number of aromatic nitrogens is 3. The Balaban J connectivity index is 2.42. The van der Waals surface area contributed by atoms with Gasteiger partial charge in [-0.2, -0.15) is 0 Å². The molecule has 0 amide bonds. The Kier molecular flexibility index (Phi) is 2.36. The zero-order valence-corrected chi connectivity index (χ0v) is 7.81. The predicted molar refractivity (Wildman–Crippen MR) is 54.8 cm³/mol. The van der Waals surface area contributed by atoms with Gasteiger partial charge >= 0.3 is 0 Å². The van der Waals surface area contributed by atoms with Crippen LogP contribution in [-0.4, -0.2) is 22.0 Å². The molecule has 2 aromatic rings. The van der Waals surface area contributed by atoms with Crippen LogP contribution in [0.5, 0.6) is 0 Å². The van der Waals surface area contributed by atoms with E-state index >= 15 is 0 Å². The fraction of sp³-hybridized carbons (Fsp3) is 0.100. The van der Waals surface area contributed by atoms with E-state index in [9.17, 15) is 0 Å². The molecule has 0 fully saturated rings. The van der Waals surface area contributed by atoms with Crippen LogP contribution in [0.3, 0.4) is 0 Å². The second kappa shape index (κ2) is 3.83. The van der Waals surface area contributed by atoms with Crippen molar-refractivity contribution in [3.8, 4) is 11.4 Å². The minimum atomic E-state index is 0.782. The minimum absolute atomic E-state index is 0.782. The molecule has 14 heavy (non-hydrogen) atoms. The average molecular weight is 186 g/mol. The Morgan fingerprint density at radius 1 is 1.14 bits per heavy atom. The number of hydrogen-bond acceptors (Lipinski definition) is 4. The first-order valence-corrected chi connectivity index (χ1v) is 4.31. The van der Waals surface area contributed by atoms with Crippen molar-refractivity contribution in [2.24, 2.45) is 0 Å². The maximum atomic E-state index is 4.35. The minimum Gasteiger partial charge on any atom is -0.373 e. The van der Waals surface area contributed by atoms with Gasteiger partial charge in [0.2, 0.25) is 0 Å². The molecule has 0 bridgehead atoms. The first-order chi connectivity index (χ1) is 6.90. The molecule has 0 aromatic carbocycles. The van der Waals surface area contributed by atoms with E-state index in [1.807, 2.05) is 25.2 Å². The summed E-state index contributed by atoms with van der Waals surface area (Å²) in [6.45, 7) is 0. The lowest BCUT2D eigenvalue weighted by Crippen LogP contribution is -1.94. The Hall–Kier alpha value is -1.97. The van der Waals surface area contributed by atoms with Crippen LogP contribution >= 0.6 is 0 Å². The highest BCUT2D eigenvalue weighted by atomic mass is 15.0. The normalized spacial score (nSPS) is 9.79. The molecule has 70 valence electrons. The molecule has 0 saturated heterocycles. The number of nitrogens with zero attached hydrogens (tertiary/aromatic N) is 3. The number of anilines is 1. The van der Waals surface area contributed by atoms with Crippen LogP contribution < -0.4 is 5.32 Å². The molecule has 2 aromatic heterocycles. The van der Waals surface area contributed by atoms with E-state index < -0.39 is 0 Å². The van der Waals surface area contributed by atoms with E-state index in [0.29, 0.717) is 0 Å². The highest BCUT2D eigenvalue weighted by molar-refractivity contribution is 5.55. The summed E-state index contributed by atoms with van der Waals surface area (Å²) in [6, 6.07) is 5.74. The van der Waals surface area contributed by atoms with E-state index in [2.05, 4.69) is 20.3 Å². The summed E-state index contributed by atoms with van der Waals surface area (Å²) in [5.41, 5.74) is 1.61. The first-order valence-electron chi connectivity index (χ1n) is 4.31. The summed E-state index contributed by atoms with van der Waals surface area (Å²) in [5.74, 6) is 0.827. The summed E-state index contributed by atoms with van der Waals surface area (Å²) in [6.07, 6.45) is 5.00. The van der Waals surface area contributed by atoms with Crippen LogP contribution in [-0.2, 0) is 0 Å². The third kappa shape index (κ3) is 1.69. The Bertz CT molecular complexity index is 413. The third-order valence-electron chi connectivity index (χ3n) is 1.83. The lowest BCUT2D eigenvalue weighted by atomic mass is 10.3. The highest BCUT2D eigenvalue weighted by Gasteiger charge is 2.00. The SMILES string of the molecule is CNc1cccc(-c2cnccn2)n1. The van der Waals surface area contributed by atoms with E-state index in [1.165, 1.54) is 0 Å². The van der Waals surface area contributed by atoms with Crippen molar-refractivity contribution < 1.29 is 0 Å². The number of nitrogens with one attached hydrogen (secondary N) is 1. The van der Waals surface area contributed by atoms with Gasteiger partial charge < -0.3 is 5.32 Å². The Morgan fingerprint density at radius 3 is 2.79 bits per heavy atom. The largest absolute Gasteiger partial charge is 0.373 e. The van der Waals surface area contributed by atoms with Crippen molar-refractivity contribution >= 4 is 5.82 Å². The molecule has 4 nitrogen and oxygen atoms in total. The van der Waals surface area contributed by atoms with E-state index in [0.717, 1.165) is 17.2 Å². The summed E-state index contributed by atoms with van der Waals surface area (Å²) in [5, 5.41) is 2.98. The topological polar surface area (TPSA) is 50.7 Å². The van der Waals surface area contributed by atoms with Crippen molar-refractivity contribution in [3.05, 3.63) is 36.8 Å². The van der Waals surface area contributed by atoms with E-state index in [4.69, 9.17) is 0 Å². The summed E-state index contributed by atoms with van der Waals surface area (Å²) in [4.78, 5) is 12.5. The molecule has 0 atom stereocenters. The van der Waals surface area contributed by atoms with Gasteiger partial charge in [-0.3, -0.25) is 9.97 Å². The van der Waals surface area contributed by atoms with Crippen LogP contribution in [0.4, 0.5) is 5.82 Å². The van der Waals surface area contributed by atoms with Crippen molar-refractivity contribution in [2.75, 3.05) is 12.4 Å². The molecule has 2 rings (SSSR count). The van der Waals surface area contributed by atoms with Gasteiger partial charge in [-0.1, -0.05) is 6.07 Å². The van der Waals surface area contributed by atoms with Gasteiger partial charge in [0, 0.05) is 19.4 Å². The lowest BCUT2D eigenvalue weighted by molar-refractivity contribution is 1.17. The third-order valence-corrected chi connectivity index (χ3v) is 1.83. The fourth-order valence-corrected chi connectivity index (χ4v) is 1.15. The van der Waals surface area contributed by atoms with Crippen LogP contribution in [0.15, 0.2) is 36.8 Å². The zero-order chi connectivity index (χ0) is 9.80. The molecule has 1 N–H and O–H groups in total. The fourth-order valence-electron chi connectivity index (χ4n) is 1.15. The average Bonchev–Trinajstić information content (AvgIpc) is 2.30. The molecule has 2 heterocycles. The highest BCUT2D eigenvalue weighted by Crippen LogP contribution is 2.14. The smallest absolute Gasteiger partial charge is 0.126 e. The van der Waals surface area contributed by atoms with Gasteiger partial charge in [0.15, 0.2) is 0 Å². The number of pyridine rings is 1. The monoisotopic (exact) mass is 186 g/mol. The maximum Gasteiger partial charge on any atom is 0.126 e.